The van der Waals surface area contributed by atoms with E-state index in [9.17, 15) is 0 Å². The zero-order valence-corrected chi connectivity index (χ0v) is 13.4. The lowest BCUT2D eigenvalue weighted by Gasteiger charge is -2.36. The number of nitrogens with zero attached hydrogens (tertiary/aromatic N) is 2. The van der Waals surface area contributed by atoms with Crippen molar-refractivity contribution in [3.05, 3.63) is 30.1 Å². The molecule has 116 valence electrons. The van der Waals surface area contributed by atoms with Gasteiger partial charge >= 0.3 is 0 Å². The molecule has 2 bridgehead atoms. The Morgan fingerprint density at radius 3 is 2.81 bits per heavy atom. The molecule has 0 spiro atoms. The van der Waals surface area contributed by atoms with E-state index in [2.05, 4.69) is 29.9 Å². The lowest BCUT2D eigenvalue weighted by atomic mass is 9.87. The predicted octanol–water partition coefficient (Wildman–Crippen LogP) is 3.23. The maximum atomic E-state index is 6.43. The summed E-state index contributed by atoms with van der Waals surface area (Å²) < 4.78 is 0. The van der Waals surface area contributed by atoms with Gasteiger partial charge in [-0.25, -0.2) is 0 Å². The van der Waals surface area contributed by atoms with Gasteiger partial charge in [-0.3, -0.25) is 9.88 Å². The summed E-state index contributed by atoms with van der Waals surface area (Å²) >= 11 is 0. The van der Waals surface area contributed by atoms with Crippen LogP contribution >= 0.6 is 0 Å². The molecule has 0 radical (unpaired) electrons. The van der Waals surface area contributed by atoms with E-state index in [-0.39, 0.29) is 6.04 Å². The summed E-state index contributed by atoms with van der Waals surface area (Å²) in [5, 5.41) is 0. The summed E-state index contributed by atoms with van der Waals surface area (Å²) in [6.45, 7) is 3.37. The molecule has 0 aliphatic heterocycles. The van der Waals surface area contributed by atoms with Gasteiger partial charge in [0.1, 0.15) is 0 Å². The average Bonchev–Trinajstić information content (AvgIpc) is 3.11. The molecule has 3 heteroatoms. The van der Waals surface area contributed by atoms with Crippen LogP contribution in [0.2, 0.25) is 0 Å². The Balaban J connectivity index is 1.70. The van der Waals surface area contributed by atoms with Crippen LogP contribution < -0.4 is 5.73 Å². The van der Waals surface area contributed by atoms with Crippen molar-refractivity contribution < 1.29 is 0 Å². The van der Waals surface area contributed by atoms with Crippen molar-refractivity contribution in [3.63, 3.8) is 0 Å². The molecule has 2 saturated carbocycles. The highest BCUT2D eigenvalue weighted by Gasteiger charge is 2.40. The summed E-state index contributed by atoms with van der Waals surface area (Å²) in [7, 11) is 2.25. The van der Waals surface area contributed by atoms with Crippen LogP contribution in [0.15, 0.2) is 24.5 Å². The van der Waals surface area contributed by atoms with E-state index in [1.165, 1.54) is 37.8 Å². The van der Waals surface area contributed by atoms with E-state index in [0.29, 0.717) is 6.04 Å². The Hall–Kier alpha value is -0.930. The maximum Gasteiger partial charge on any atom is 0.0511 e. The van der Waals surface area contributed by atoms with Crippen LogP contribution in [-0.4, -0.2) is 29.5 Å². The standard InChI is InChI=1S/C18H29N3/c1-3-17(19)18(15-5-4-8-20-11-15)21(2)12-16-10-13-6-7-14(16)9-13/h4-5,8,11,13-14,16-18H,3,6-7,9-10,12,19H2,1-2H3. The minimum absolute atomic E-state index is 0.179. The lowest BCUT2D eigenvalue weighted by Crippen LogP contribution is -2.41. The predicted molar refractivity (Wildman–Crippen MR) is 86.8 cm³/mol. The number of aromatic nitrogens is 1. The van der Waals surface area contributed by atoms with Crippen LogP contribution in [0.5, 0.6) is 0 Å². The van der Waals surface area contributed by atoms with Crippen molar-refractivity contribution in [3.8, 4) is 0 Å². The Morgan fingerprint density at radius 1 is 1.38 bits per heavy atom. The fourth-order valence-corrected chi connectivity index (χ4v) is 4.69. The summed E-state index contributed by atoms with van der Waals surface area (Å²) in [5.74, 6) is 2.88. The van der Waals surface area contributed by atoms with Crippen LogP contribution in [-0.2, 0) is 0 Å². The number of fused-ring (bicyclic) bond motifs is 2. The highest BCUT2D eigenvalue weighted by molar-refractivity contribution is 5.16. The van der Waals surface area contributed by atoms with E-state index in [4.69, 9.17) is 5.73 Å². The maximum absolute atomic E-state index is 6.43. The van der Waals surface area contributed by atoms with Crippen LogP contribution in [0.4, 0.5) is 0 Å². The van der Waals surface area contributed by atoms with E-state index >= 15 is 0 Å². The number of likely N-dealkylation sites (N-methyl/N-ethyl adjacent to an activating group) is 1. The zero-order valence-electron chi connectivity index (χ0n) is 13.4. The fourth-order valence-electron chi connectivity index (χ4n) is 4.69. The Labute approximate surface area is 128 Å². The third-order valence-corrected chi connectivity index (χ3v) is 5.78. The Bertz CT molecular complexity index is 447. The monoisotopic (exact) mass is 287 g/mol. The van der Waals surface area contributed by atoms with E-state index < -0.39 is 0 Å². The van der Waals surface area contributed by atoms with Crippen molar-refractivity contribution in [2.24, 2.45) is 23.5 Å². The third-order valence-electron chi connectivity index (χ3n) is 5.78. The number of hydrogen-bond acceptors (Lipinski definition) is 3. The van der Waals surface area contributed by atoms with Gasteiger partial charge < -0.3 is 5.73 Å². The van der Waals surface area contributed by atoms with Gasteiger partial charge in [-0.15, -0.1) is 0 Å². The molecule has 2 aliphatic carbocycles. The number of pyridine rings is 1. The van der Waals surface area contributed by atoms with E-state index in [1.807, 2.05) is 18.5 Å². The van der Waals surface area contributed by atoms with Gasteiger partial charge in [0.15, 0.2) is 0 Å². The first-order chi connectivity index (χ1) is 10.2. The molecule has 2 N–H and O–H groups in total. The smallest absolute Gasteiger partial charge is 0.0511 e. The molecule has 5 atom stereocenters. The normalized spacial score (nSPS) is 30.8. The van der Waals surface area contributed by atoms with Gasteiger partial charge in [-0.05, 0) is 62.1 Å². The molecule has 21 heavy (non-hydrogen) atoms. The third kappa shape index (κ3) is 3.14. The molecular formula is C18H29N3. The molecule has 3 rings (SSSR count). The van der Waals surface area contributed by atoms with Gasteiger partial charge in [0.25, 0.3) is 0 Å². The first-order valence-electron chi connectivity index (χ1n) is 8.54. The molecule has 0 amide bonds. The van der Waals surface area contributed by atoms with Gasteiger partial charge in [0.2, 0.25) is 0 Å². The summed E-state index contributed by atoms with van der Waals surface area (Å²) in [6.07, 6.45) is 10.7. The van der Waals surface area contributed by atoms with Crippen LogP contribution in [0, 0.1) is 17.8 Å². The van der Waals surface area contributed by atoms with Crippen molar-refractivity contribution in [2.45, 2.75) is 51.1 Å². The van der Waals surface area contributed by atoms with E-state index in [1.54, 1.807) is 0 Å². The molecular weight excluding hydrogens is 258 g/mol. The molecule has 1 aromatic rings. The van der Waals surface area contributed by atoms with Gasteiger partial charge in [-0.2, -0.15) is 0 Å². The number of rotatable bonds is 6. The number of nitrogens with two attached hydrogens (primary N) is 1. The van der Waals surface area contributed by atoms with Crippen LogP contribution in [0.1, 0.15) is 50.6 Å². The number of hydrogen-bond donors (Lipinski definition) is 1. The summed E-state index contributed by atoms with van der Waals surface area (Å²) in [5.41, 5.74) is 7.69. The van der Waals surface area contributed by atoms with E-state index in [0.717, 1.165) is 24.2 Å². The molecule has 0 saturated heterocycles. The molecule has 5 unspecified atom stereocenters. The molecule has 2 fully saturated rings. The molecule has 3 nitrogen and oxygen atoms in total. The second-order valence-electron chi connectivity index (χ2n) is 7.18. The van der Waals surface area contributed by atoms with Crippen molar-refractivity contribution in [1.82, 2.24) is 9.88 Å². The zero-order chi connectivity index (χ0) is 14.8. The first-order valence-corrected chi connectivity index (χ1v) is 8.54. The molecule has 2 aliphatic rings. The first kappa shape index (κ1) is 15.0. The quantitative estimate of drug-likeness (QED) is 0.873. The summed E-state index contributed by atoms with van der Waals surface area (Å²) in [6, 6.07) is 4.67. The highest BCUT2D eigenvalue weighted by Crippen LogP contribution is 2.48. The fraction of sp³-hybridized carbons (Fsp3) is 0.722. The molecule has 0 aromatic carbocycles. The van der Waals surface area contributed by atoms with Crippen molar-refractivity contribution >= 4 is 0 Å². The van der Waals surface area contributed by atoms with Crippen LogP contribution in [0.25, 0.3) is 0 Å². The Kier molecular flexibility index (Phi) is 4.60. The molecule has 1 heterocycles. The average molecular weight is 287 g/mol. The van der Waals surface area contributed by atoms with Crippen LogP contribution in [0.3, 0.4) is 0 Å². The van der Waals surface area contributed by atoms with Gasteiger partial charge in [0, 0.05) is 25.0 Å². The van der Waals surface area contributed by atoms with Crippen molar-refractivity contribution in [2.75, 3.05) is 13.6 Å². The van der Waals surface area contributed by atoms with Crippen molar-refractivity contribution in [1.29, 1.82) is 0 Å². The minimum Gasteiger partial charge on any atom is -0.326 e. The van der Waals surface area contributed by atoms with Gasteiger partial charge in [-0.1, -0.05) is 19.4 Å². The SMILES string of the molecule is CCC(N)C(c1cccnc1)N(C)CC1CC2CCC1C2. The topological polar surface area (TPSA) is 42.1 Å². The molecule has 1 aromatic heterocycles. The minimum atomic E-state index is 0.179. The second-order valence-corrected chi connectivity index (χ2v) is 7.18. The Morgan fingerprint density at radius 2 is 2.24 bits per heavy atom. The summed E-state index contributed by atoms with van der Waals surface area (Å²) in [4.78, 5) is 6.79. The van der Waals surface area contributed by atoms with Gasteiger partial charge in [0.05, 0.1) is 6.04 Å². The second kappa shape index (κ2) is 6.45. The lowest BCUT2D eigenvalue weighted by molar-refractivity contribution is 0.153. The largest absolute Gasteiger partial charge is 0.326 e. The highest BCUT2D eigenvalue weighted by atomic mass is 15.2.